The van der Waals surface area contributed by atoms with Crippen molar-refractivity contribution in [3.8, 4) is 11.5 Å². The standard InChI is InChI=1S/C12H14F3NO2/c1-18-9-5-4-7(12(13,14)15)10(11(9)17)8-3-2-6-16-8/h4-5,8,16-17H,2-3,6H2,1H3. The number of rotatable bonds is 2. The van der Waals surface area contributed by atoms with Gasteiger partial charge in [-0.05, 0) is 31.5 Å². The van der Waals surface area contributed by atoms with Crippen LogP contribution < -0.4 is 10.1 Å². The van der Waals surface area contributed by atoms with E-state index in [0.717, 1.165) is 18.6 Å². The highest BCUT2D eigenvalue weighted by molar-refractivity contribution is 5.52. The minimum atomic E-state index is -4.48. The Balaban J connectivity index is 2.56. The number of halogens is 3. The Kier molecular flexibility index (Phi) is 3.38. The number of aromatic hydroxyl groups is 1. The van der Waals surface area contributed by atoms with Crippen molar-refractivity contribution in [3.05, 3.63) is 23.3 Å². The van der Waals surface area contributed by atoms with Crippen molar-refractivity contribution in [2.75, 3.05) is 13.7 Å². The van der Waals surface area contributed by atoms with E-state index in [1.807, 2.05) is 0 Å². The molecule has 0 aliphatic carbocycles. The normalized spacial score (nSPS) is 20.1. The van der Waals surface area contributed by atoms with E-state index in [2.05, 4.69) is 5.32 Å². The monoisotopic (exact) mass is 261 g/mol. The van der Waals surface area contributed by atoms with E-state index >= 15 is 0 Å². The molecule has 100 valence electrons. The minimum absolute atomic E-state index is 0.0618. The van der Waals surface area contributed by atoms with Gasteiger partial charge in [0.15, 0.2) is 11.5 Å². The first-order valence-corrected chi connectivity index (χ1v) is 5.65. The van der Waals surface area contributed by atoms with Crippen LogP contribution in [0.1, 0.15) is 30.0 Å². The third-order valence-corrected chi connectivity index (χ3v) is 3.11. The van der Waals surface area contributed by atoms with Gasteiger partial charge in [-0.1, -0.05) is 0 Å². The maximum Gasteiger partial charge on any atom is 0.416 e. The molecule has 1 heterocycles. The van der Waals surface area contributed by atoms with Gasteiger partial charge in [-0.15, -0.1) is 0 Å². The summed E-state index contributed by atoms with van der Waals surface area (Å²) in [5.41, 5.74) is -0.917. The zero-order chi connectivity index (χ0) is 13.3. The number of ether oxygens (including phenoxy) is 1. The third kappa shape index (κ3) is 2.25. The summed E-state index contributed by atoms with van der Waals surface area (Å²) < 4.78 is 43.7. The summed E-state index contributed by atoms with van der Waals surface area (Å²) in [5, 5.41) is 12.9. The van der Waals surface area contributed by atoms with Crippen LogP contribution in [0.5, 0.6) is 11.5 Å². The number of hydrogen-bond acceptors (Lipinski definition) is 3. The molecule has 1 aromatic carbocycles. The van der Waals surface area contributed by atoms with Crippen LogP contribution >= 0.6 is 0 Å². The highest BCUT2D eigenvalue weighted by Gasteiger charge is 2.38. The molecule has 1 aromatic rings. The second kappa shape index (κ2) is 4.68. The fourth-order valence-corrected chi connectivity index (χ4v) is 2.28. The fourth-order valence-electron chi connectivity index (χ4n) is 2.28. The fraction of sp³-hybridized carbons (Fsp3) is 0.500. The van der Waals surface area contributed by atoms with Crippen molar-refractivity contribution in [1.82, 2.24) is 5.32 Å². The Hall–Kier alpha value is -1.43. The summed E-state index contributed by atoms with van der Waals surface area (Å²) in [4.78, 5) is 0. The molecule has 1 unspecified atom stereocenters. The zero-order valence-electron chi connectivity index (χ0n) is 9.84. The van der Waals surface area contributed by atoms with E-state index in [9.17, 15) is 18.3 Å². The Morgan fingerprint density at radius 1 is 1.39 bits per heavy atom. The van der Waals surface area contributed by atoms with Crippen LogP contribution in [0.4, 0.5) is 13.2 Å². The molecule has 1 saturated heterocycles. The molecule has 18 heavy (non-hydrogen) atoms. The molecule has 2 N–H and O–H groups in total. The first-order valence-electron chi connectivity index (χ1n) is 5.65. The lowest BCUT2D eigenvalue weighted by Crippen LogP contribution is -2.19. The Bertz CT molecular complexity index is 440. The second-order valence-corrected chi connectivity index (χ2v) is 4.22. The lowest BCUT2D eigenvalue weighted by Gasteiger charge is -2.20. The molecule has 0 bridgehead atoms. The molecule has 1 aliphatic rings. The van der Waals surface area contributed by atoms with E-state index < -0.39 is 23.5 Å². The number of nitrogens with one attached hydrogen (secondary N) is 1. The number of phenolic OH excluding ortho intramolecular Hbond substituents is 1. The van der Waals surface area contributed by atoms with E-state index in [-0.39, 0.29) is 11.3 Å². The van der Waals surface area contributed by atoms with Crippen molar-refractivity contribution in [3.63, 3.8) is 0 Å². The molecule has 0 spiro atoms. The maximum atomic E-state index is 12.9. The van der Waals surface area contributed by atoms with Crippen molar-refractivity contribution in [2.45, 2.75) is 25.1 Å². The molecule has 0 amide bonds. The molecule has 6 heteroatoms. The average molecular weight is 261 g/mol. The van der Waals surface area contributed by atoms with Gasteiger partial charge in [0.25, 0.3) is 0 Å². The highest BCUT2D eigenvalue weighted by Crippen LogP contribution is 2.44. The Morgan fingerprint density at radius 2 is 2.11 bits per heavy atom. The molecule has 1 aliphatic heterocycles. The highest BCUT2D eigenvalue weighted by atomic mass is 19.4. The molecule has 0 radical (unpaired) electrons. The molecular formula is C12H14F3NO2. The smallest absolute Gasteiger partial charge is 0.416 e. The van der Waals surface area contributed by atoms with E-state index in [4.69, 9.17) is 4.74 Å². The molecule has 1 fully saturated rings. The van der Waals surface area contributed by atoms with Crippen LogP contribution in [0.3, 0.4) is 0 Å². The molecule has 0 aromatic heterocycles. The van der Waals surface area contributed by atoms with Gasteiger partial charge in [0.05, 0.1) is 12.7 Å². The summed E-state index contributed by atoms with van der Waals surface area (Å²) in [5.74, 6) is -0.363. The number of hydrogen-bond donors (Lipinski definition) is 2. The summed E-state index contributed by atoms with van der Waals surface area (Å²) >= 11 is 0. The predicted molar refractivity (Wildman–Crippen MR) is 59.6 cm³/mol. The molecule has 2 rings (SSSR count). The van der Waals surface area contributed by atoms with Crippen LogP contribution in [0.2, 0.25) is 0 Å². The Morgan fingerprint density at radius 3 is 2.61 bits per heavy atom. The van der Waals surface area contributed by atoms with Gasteiger partial charge in [0.1, 0.15) is 0 Å². The molecule has 0 saturated carbocycles. The first kappa shape index (κ1) is 13.0. The number of alkyl halides is 3. The van der Waals surface area contributed by atoms with Gasteiger partial charge in [-0.3, -0.25) is 0 Å². The molecule has 3 nitrogen and oxygen atoms in total. The molecule has 1 atom stereocenters. The van der Waals surface area contributed by atoms with Gasteiger partial charge in [0.2, 0.25) is 0 Å². The van der Waals surface area contributed by atoms with Crippen molar-refractivity contribution < 1.29 is 23.0 Å². The zero-order valence-corrected chi connectivity index (χ0v) is 9.84. The van der Waals surface area contributed by atoms with Gasteiger partial charge in [-0.2, -0.15) is 13.2 Å². The van der Waals surface area contributed by atoms with Crippen molar-refractivity contribution in [1.29, 1.82) is 0 Å². The SMILES string of the molecule is COc1ccc(C(F)(F)F)c(C2CCCN2)c1O. The van der Waals surface area contributed by atoms with Gasteiger partial charge >= 0.3 is 6.18 Å². The summed E-state index contributed by atoms with van der Waals surface area (Å²) in [6, 6.07) is 1.61. The minimum Gasteiger partial charge on any atom is -0.504 e. The lowest BCUT2D eigenvalue weighted by atomic mass is 9.97. The number of benzene rings is 1. The Labute approximate surface area is 103 Å². The lowest BCUT2D eigenvalue weighted by molar-refractivity contribution is -0.138. The average Bonchev–Trinajstić information content (AvgIpc) is 2.80. The quantitative estimate of drug-likeness (QED) is 0.860. The summed E-state index contributed by atoms with van der Waals surface area (Å²) in [7, 11) is 1.31. The van der Waals surface area contributed by atoms with Gasteiger partial charge < -0.3 is 15.2 Å². The van der Waals surface area contributed by atoms with E-state index in [1.165, 1.54) is 7.11 Å². The largest absolute Gasteiger partial charge is 0.504 e. The summed E-state index contributed by atoms with van der Waals surface area (Å²) in [6.45, 7) is 0.651. The van der Waals surface area contributed by atoms with Crippen LogP contribution in [0.15, 0.2) is 12.1 Å². The van der Waals surface area contributed by atoms with E-state index in [0.29, 0.717) is 13.0 Å². The predicted octanol–water partition coefficient (Wildman–Crippen LogP) is 2.84. The van der Waals surface area contributed by atoms with Crippen LogP contribution in [0, 0.1) is 0 Å². The van der Waals surface area contributed by atoms with Crippen molar-refractivity contribution in [2.24, 2.45) is 0 Å². The van der Waals surface area contributed by atoms with Crippen LogP contribution in [-0.4, -0.2) is 18.8 Å². The van der Waals surface area contributed by atoms with Crippen LogP contribution in [0.25, 0.3) is 0 Å². The van der Waals surface area contributed by atoms with Gasteiger partial charge in [0, 0.05) is 11.6 Å². The molecular weight excluding hydrogens is 247 g/mol. The summed E-state index contributed by atoms with van der Waals surface area (Å²) in [6.07, 6.45) is -3.12. The maximum absolute atomic E-state index is 12.9. The van der Waals surface area contributed by atoms with E-state index in [1.54, 1.807) is 0 Å². The number of phenols is 1. The second-order valence-electron chi connectivity index (χ2n) is 4.22. The third-order valence-electron chi connectivity index (χ3n) is 3.11. The van der Waals surface area contributed by atoms with Gasteiger partial charge in [-0.25, -0.2) is 0 Å². The van der Waals surface area contributed by atoms with Crippen molar-refractivity contribution >= 4 is 0 Å². The first-order chi connectivity index (χ1) is 8.45. The number of methoxy groups -OCH3 is 1. The topological polar surface area (TPSA) is 41.5 Å². The van der Waals surface area contributed by atoms with Crippen LogP contribution in [-0.2, 0) is 6.18 Å².